The molecule has 1 fully saturated rings. The van der Waals surface area contributed by atoms with E-state index in [0.29, 0.717) is 5.56 Å². The number of hydrogen-bond acceptors (Lipinski definition) is 4. The van der Waals surface area contributed by atoms with Gasteiger partial charge in [0, 0.05) is 12.7 Å². The van der Waals surface area contributed by atoms with Gasteiger partial charge in [0.15, 0.2) is 0 Å². The van der Waals surface area contributed by atoms with E-state index in [4.69, 9.17) is 14.6 Å². The second-order valence-corrected chi connectivity index (χ2v) is 7.11. The summed E-state index contributed by atoms with van der Waals surface area (Å²) in [5.74, 6) is -1.34. The number of carbonyl (C=O) groups excluding carboxylic acids is 1. The van der Waals surface area contributed by atoms with Crippen molar-refractivity contribution in [2.75, 3.05) is 6.61 Å². The number of carboxylic acid groups (broad SMARTS) is 1. The molecular weight excluding hydrogens is 356 g/mol. The van der Waals surface area contributed by atoms with E-state index in [1.54, 1.807) is 24.3 Å². The number of carboxylic acids is 1. The third-order valence-electron chi connectivity index (χ3n) is 4.87. The van der Waals surface area contributed by atoms with Crippen LogP contribution in [-0.2, 0) is 14.3 Å². The van der Waals surface area contributed by atoms with Crippen molar-refractivity contribution < 1.29 is 24.2 Å². The number of benzene rings is 1. The van der Waals surface area contributed by atoms with Gasteiger partial charge in [-0.2, -0.15) is 0 Å². The van der Waals surface area contributed by atoms with Gasteiger partial charge in [0.05, 0.1) is 11.7 Å². The molecule has 152 valence electrons. The number of carbonyl (C=O) groups is 2. The molecule has 5 heteroatoms. The van der Waals surface area contributed by atoms with Gasteiger partial charge in [-0.05, 0) is 68.7 Å². The lowest BCUT2D eigenvalue weighted by molar-refractivity contribution is -0.131. The zero-order valence-corrected chi connectivity index (χ0v) is 16.3. The average molecular weight is 386 g/mol. The number of aliphatic carboxylic acids is 1. The average Bonchev–Trinajstić information content (AvgIpc) is 2.70. The van der Waals surface area contributed by atoms with Crippen molar-refractivity contribution in [1.29, 1.82) is 0 Å². The molecule has 0 amide bonds. The van der Waals surface area contributed by atoms with Crippen LogP contribution >= 0.6 is 0 Å². The van der Waals surface area contributed by atoms with Gasteiger partial charge in [-0.1, -0.05) is 24.6 Å². The van der Waals surface area contributed by atoms with Crippen LogP contribution in [0.4, 0.5) is 0 Å². The fraction of sp³-hybridized carbons (Fsp3) is 0.478. The van der Waals surface area contributed by atoms with E-state index in [-0.39, 0.29) is 18.2 Å². The summed E-state index contributed by atoms with van der Waals surface area (Å²) in [5, 5.41) is 8.64. The fourth-order valence-electron chi connectivity index (χ4n) is 3.25. The normalized spacial score (nSPS) is 19.4. The first-order valence-electron chi connectivity index (χ1n) is 10.0. The standard InChI is InChI=1S/C23H30O5/c1-2-3-4-5-6-17-27-20-12-14-21(15-13-20)28-23(26)19-10-7-18(8-11-19)9-16-22(24)25/h2,7-11,16,20-21H,1,3-6,12-15,17H2,(H,24,25)/b16-9+. The maximum absolute atomic E-state index is 12.3. The van der Waals surface area contributed by atoms with Crippen LogP contribution in [0.1, 0.15) is 67.3 Å². The summed E-state index contributed by atoms with van der Waals surface area (Å²) in [6.45, 7) is 4.53. The van der Waals surface area contributed by atoms with E-state index in [2.05, 4.69) is 6.58 Å². The van der Waals surface area contributed by atoms with E-state index in [9.17, 15) is 9.59 Å². The van der Waals surface area contributed by atoms with E-state index < -0.39 is 5.97 Å². The molecular formula is C23H30O5. The maximum atomic E-state index is 12.3. The number of ether oxygens (including phenoxy) is 2. The van der Waals surface area contributed by atoms with Gasteiger partial charge < -0.3 is 14.6 Å². The van der Waals surface area contributed by atoms with Gasteiger partial charge in [0.1, 0.15) is 6.10 Å². The Morgan fingerprint density at radius 2 is 1.71 bits per heavy atom. The summed E-state index contributed by atoms with van der Waals surface area (Å²) in [6, 6.07) is 6.72. The third kappa shape index (κ3) is 8.09. The van der Waals surface area contributed by atoms with Crippen LogP contribution in [0.5, 0.6) is 0 Å². The number of hydrogen-bond donors (Lipinski definition) is 1. The molecule has 1 N–H and O–H groups in total. The number of rotatable bonds is 11. The van der Waals surface area contributed by atoms with Crippen molar-refractivity contribution in [1.82, 2.24) is 0 Å². The summed E-state index contributed by atoms with van der Waals surface area (Å²) in [6.07, 6.45) is 12.7. The minimum absolute atomic E-state index is 0.0634. The lowest BCUT2D eigenvalue weighted by Gasteiger charge is -2.28. The number of unbranched alkanes of at least 4 members (excludes halogenated alkanes) is 3. The van der Waals surface area contributed by atoms with E-state index >= 15 is 0 Å². The molecule has 0 aromatic heterocycles. The Bertz CT molecular complexity index is 654. The SMILES string of the molecule is C=CCCCCCOC1CCC(OC(=O)c2ccc(/C=C/C(=O)O)cc2)CC1. The van der Waals surface area contributed by atoms with Gasteiger partial charge in [-0.25, -0.2) is 9.59 Å². The lowest BCUT2D eigenvalue weighted by atomic mass is 9.95. The third-order valence-corrected chi connectivity index (χ3v) is 4.87. The first-order valence-corrected chi connectivity index (χ1v) is 10.0. The van der Waals surface area contributed by atoms with Crippen molar-refractivity contribution in [3.63, 3.8) is 0 Å². The van der Waals surface area contributed by atoms with Crippen LogP contribution in [0.3, 0.4) is 0 Å². The molecule has 0 aliphatic heterocycles. The minimum atomic E-state index is -1.00. The van der Waals surface area contributed by atoms with E-state index in [1.807, 2.05) is 6.08 Å². The van der Waals surface area contributed by atoms with Gasteiger partial charge in [-0.15, -0.1) is 6.58 Å². The Hall–Kier alpha value is -2.40. The van der Waals surface area contributed by atoms with E-state index in [1.165, 1.54) is 18.9 Å². The highest BCUT2D eigenvalue weighted by atomic mass is 16.5. The van der Waals surface area contributed by atoms with Crippen LogP contribution < -0.4 is 0 Å². The Morgan fingerprint density at radius 1 is 1.04 bits per heavy atom. The van der Waals surface area contributed by atoms with Crippen molar-refractivity contribution >= 4 is 18.0 Å². The molecule has 0 radical (unpaired) electrons. The minimum Gasteiger partial charge on any atom is -0.478 e. The van der Waals surface area contributed by atoms with Crippen LogP contribution in [-0.4, -0.2) is 35.9 Å². The van der Waals surface area contributed by atoms with Gasteiger partial charge in [0.2, 0.25) is 0 Å². The molecule has 0 bridgehead atoms. The van der Waals surface area contributed by atoms with Crippen molar-refractivity contribution in [2.24, 2.45) is 0 Å². The summed E-state index contributed by atoms with van der Waals surface area (Å²) in [7, 11) is 0. The first kappa shape index (κ1) is 21.9. The first-order chi connectivity index (χ1) is 13.6. The molecule has 1 saturated carbocycles. The quantitative estimate of drug-likeness (QED) is 0.250. The van der Waals surface area contributed by atoms with Crippen molar-refractivity contribution in [3.8, 4) is 0 Å². The Labute approximate surface area is 167 Å². The van der Waals surface area contributed by atoms with Crippen LogP contribution in [0.2, 0.25) is 0 Å². The van der Waals surface area contributed by atoms with Crippen molar-refractivity contribution in [2.45, 2.75) is 63.6 Å². The molecule has 5 nitrogen and oxygen atoms in total. The summed E-state index contributed by atoms with van der Waals surface area (Å²) in [5.41, 5.74) is 1.20. The molecule has 0 heterocycles. The predicted molar refractivity (Wildman–Crippen MR) is 109 cm³/mol. The second-order valence-electron chi connectivity index (χ2n) is 7.11. The monoisotopic (exact) mass is 386 g/mol. The topological polar surface area (TPSA) is 72.8 Å². The largest absolute Gasteiger partial charge is 0.478 e. The van der Waals surface area contributed by atoms with E-state index in [0.717, 1.165) is 56.8 Å². The molecule has 1 aromatic carbocycles. The lowest BCUT2D eigenvalue weighted by Crippen LogP contribution is -2.28. The van der Waals surface area contributed by atoms with Gasteiger partial charge in [0.25, 0.3) is 0 Å². The smallest absolute Gasteiger partial charge is 0.338 e. The number of esters is 1. The molecule has 0 atom stereocenters. The Balaban J connectivity index is 1.67. The molecule has 2 rings (SSSR count). The molecule has 1 aliphatic rings. The zero-order valence-electron chi connectivity index (χ0n) is 16.3. The molecule has 0 unspecified atom stereocenters. The Morgan fingerprint density at radius 3 is 2.36 bits per heavy atom. The summed E-state index contributed by atoms with van der Waals surface area (Å²) < 4.78 is 11.6. The van der Waals surface area contributed by atoms with Gasteiger partial charge in [-0.3, -0.25) is 0 Å². The summed E-state index contributed by atoms with van der Waals surface area (Å²) >= 11 is 0. The highest BCUT2D eigenvalue weighted by molar-refractivity contribution is 5.90. The fourth-order valence-corrected chi connectivity index (χ4v) is 3.25. The maximum Gasteiger partial charge on any atom is 0.338 e. The van der Waals surface area contributed by atoms with Crippen LogP contribution in [0, 0.1) is 0 Å². The molecule has 1 aromatic rings. The highest BCUT2D eigenvalue weighted by Crippen LogP contribution is 2.24. The van der Waals surface area contributed by atoms with Gasteiger partial charge >= 0.3 is 11.9 Å². The molecule has 1 aliphatic carbocycles. The number of allylic oxidation sites excluding steroid dienone is 1. The molecule has 0 saturated heterocycles. The van der Waals surface area contributed by atoms with Crippen LogP contribution in [0.15, 0.2) is 43.0 Å². The highest BCUT2D eigenvalue weighted by Gasteiger charge is 2.24. The molecule has 0 spiro atoms. The summed E-state index contributed by atoms with van der Waals surface area (Å²) in [4.78, 5) is 22.8. The molecule has 28 heavy (non-hydrogen) atoms. The van der Waals surface area contributed by atoms with Crippen LogP contribution in [0.25, 0.3) is 6.08 Å². The predicted octanol–water partition coefficient (Wildman–Crippen LogP) is 5.02. The second kappa shape index (κ2) is 12.1. The van der Waals surface area contributed by atoms with Crippen molar-refractivity contribution in [3.05, 3.63) is 54.1 Å². The zero-order chi connectivity index (χ0) is 20.2. The Kier molecular flexibility index (Phi) is 9.49.